The Kier molecular flexibility index (Phi) is 3.19. The molecular weight excluding hydrogens is 210 g/mol. The van der Waals surface area contributed by atoms with Gasteiger partial charge in [-0.15, -0.1) is 23.5 Å². The van der Waals surface area contributed by atoms with Crippen molar-refractivity contribution in [3.8, 4) is 0 Å². The number of thioether (sulfide) groups is 2. The maximum atomic E-state index is 7.75. The van der Waals surface area contributed by atoms with Gasteiger partial charge in [0.15, 0.2) is 0 Å². The Labute approximate surface area is 93.2 Å². The molecule has 14 heavy (non-hydrogen) atoms. The number of rotatable bonds is 1. The van der Waals surface area contributed by atoms with Crippen LogP contribution in [0.5, 0.6) is 0 Å². The molecule has 0 amide bonds. The van der Waals surface area contributed by atoms with Crippen LogP contribution in [0.15, 0.2) is 23.1 Å². The fourth-order valence-corrected chi connectivity index (χ4v) is 3.00. The van der Waals surface area contributed by atoms with E-state index in [1.54, 1.807) is 0 Å². The van der Waals surface area contributed by atoms with Crippen molar-refractivity contribution in [2.24, 2.45) is 0 Å². The molecule has 2 rings (SSSR count). The molecule has 1 aliphatic rings. The predicted molar refractivity (Wildman–Crippen MR) is 65.8 cm³/mol. The predicted octanol–water partition coefficient (Wildman–Crippen LogP) is 3.41. The van der Waals surface area contributed by atoms with Crippen LogP contribution in [0.1, 0.15) is 17.5 Å². The van der Waals surface area contributed by atoms with Gasteiger partial charge in [-0.05, 0) is 42.5 Å². The van der Waals surface area contributed by atoms with E-state index >= 15 is 0 Å². The first-order chi connectivity index (χ1) is 6.81. The van der Waals surface area contributed by atoms with Crippen LogP contribution in [0.2, 0.25) is 0 Å². The number of hydrogen-bond acceptors (Lipinski definition) is 3. The molecule has 0 unspecified atom stereocenters. The zero-order valence-electron chi connectivity index (χ0n) is 8.17. The summed E-state index contributed by atoms with van der Waals surface area (Å²) in [6, 6.07) is 6.41. The molecule has 1 heterocycles. The SMILES string of the molecule is CSC(=N)c1ccc2c(c1)CCCS2. The zero-order valence-corrected chi connectivity index (χ0v) is 9.80. The second-order valence-corrected chi connectivity index (χ2v) is 5.26. The quantitative estimate of drug-likeness (QED) is 0.582. The molecule has 1 N–H and O–H groups in total. The van der Waals surface area contributed by atoms with E-state index in [1.165, 1.54) is 40.8 Å². The van der Waals surface area contributed by atoms with Crippen molar-refractivity contribution in [1.82, 2.24) is 0 Å². The van der Waals surface area contributed by atoms with Crippen molar-refractivity contribution in [1.29, 1.82) is 5.41 Å². The van der Waals surface area contributed by atoms with E-state index in [4.69, 9.17) is 5.41 Å². The van der Waals surface area contributed by atoms with E-state index in [9.17, 15) is 0 Å². The summed E-state index contributed by atoms with van der Waals surface area (Å²) < 4.78 is 0. The highest BCUT2D eigenvalue weighted by atomic mass is 32.2. The van der Waals surface area contributed by atoms with Crippen LogP contribution in [-0.2, 0) is 6.42 Å². The molecule has 1 nitrogen and oxygen atoms in total. The number of benzene rings is 1. The Hall–Kier alpha value is -0.410. The van der Waals surface area contributed by atoms with Gasteiger partial charge in [-0.25, -0.2) is 0 Å². The molecule has 0 aliphatic carbocycles. The molecule has 1 aromatic rings. The maximum absolute atomic E-state index is 7.75. The van der Waals surface area contributed by atoms with Crippen LogP contribution < -0.4 is 0 Å². The molecule has 1 aromatic carbocycles. The lowest BCUT2D eigenvalue weighted by Gasteiger charge is -2.15. The van der Waals surface area contributed by atoms with E-state index in [2.05, 4.69) is 18.2 Å². The summed E-state index contributed by atoms with van der Waals surface area (Å²) >= 11 is 3.44. The molecule has 0 saturated carbocycles. The second kappa shape index (κ2) is 4.41. The topological polar surface area (TPSA) is 23.9 Å². The lowest BCUT2D eigenvalue weighted by Crippen LogP contribution is -2.01. The molecule has 3 heteroatoms. The van der Waals surface area contributed by atoms with Crippen molar-refractivity contribution < 1.29 is 0 Å². The molecule has 0 saturated heterocycles. The minimum Gasteiger partial charge on any atom is -0.293 e. The Bertz CT molecular complexity index is 360. The van der Waals surface area contributed by atoms with E-state index in [0.29, 0.717) is 5.04 Å². The highest BCUT2D eigenvalue weighted by Crippen LogP contribution is 2.30. The summed E-state index contributed by atoms with van der Waals surface area (Å²) in [5.74, 6) is 1.24. The van der Waals surface area contributed by atoms with Gasteiger partial charge in [0, 0.05) is 10.5 Å². The minimum absolute atomic E-state index is 0.670. The highest BCUT2D eigenvalue weighted by Gasteiger charge is 2.11. The number of aryl methyl sites for hydroxylation is 1. The third-order valence-corrected chi connectivity index (χ3v) is 4.22. The van der Waals surface area contributed by atoms with Gasteiger partial charge in [0.2, 0.25) is 0 Å². The van der Waals surface area contributed by atoms with Gasteiger partial charge in [-0.3, -0.25) is 5.41 Å². The van der Waals surface area contributed by atoms with Crippen LogP contribution in [0.4, 0.5) is 0 Å². The number of hydrogen-bond donors (Lipinski definition) is 1. The third-order valence-electron chi connectivity index (χ3n) is 2.37. The van der Waals surface area contributed by atoms with Crippen molar-refractivity contribution in [2.75, 3.05) is 12.0 Å². The van der Waals surface area contributed by atoms with Crippen LogP contribution in [0.3, 0.4) is 0 Å². The van der Waals surface area contributed by atoms with Gasteiger partial charge in [0.05, 0.1) is 5.04 Å². The summed E-state index contributed by atoms with van der Waals surface area (Å²) in [6.45, 7) is 0. The van der Waals surface area contributed by atoms with Gasteiger partial charge in [0.25, 0.3) is 0 Å². The molecule has 74 valence electrons. The van der Waals surface area contributed by atoms with Crippen molar-refractivity contribution in [2.45, 2.75) is 17.7 Å². The van der Waals surface area contributed by atoms with Gasteiger partial charge in [-0.2, -0.15) is 0 Å². The normalized spacial score (nSPS) is 14.9. The Balaban J connectivity index is 2.33. The van der Waals surface area contributed by atoms with Crippen molar-refractivity contribution in [3.05, 3.63) is 29.3 Å². The lowest BCUT2D eigenvalue weighted by molar-refractivity contribution is 0.889. The monoisotopic (exact) mass is 223 g/mol. The molecular formula is C11H13NS2. The standard InChI is InChI=1S/C11H13NS2/c1-13-11(12)9-4-5-10-8(7-9)3-2-6-14-10/h4-5,7,12H,2-3,6H2,1H3. The number of nitrogens with one attached hydrogen (secondary N) is 1. The van der Waals surface area contributed by atoms with Crippen molar-refractivity contribution >= 4 is 28.6 Å². The fourth-order valence-electron chi connectivity index (χ4n) is 1.62. The van der Waals surface area contributed by atoms with Gasteiger partial charge in [0.1, 0.15) is 0 Å². The molecule has 0 spiro atoms. The van der Waals surface area contributed by atoms with E-state index in [1.807, 2.05) is 18.0 Å². The summed E-state index contributed by atoms with van der Waals surface area (Å²) in [5, 5.41) is 8.42. The lowest BCUT2D eigenvalue weighted by atomic mass is 10.1. The van der Waals surface area contributed by atoms with Crippen molar-refractivity contribution in [3.63, 3.8) is 0 Å². The van der Waals surface area contributed by atoms with E-state index in [0.717, 1.165) is 5.56 Å². The fraction of sp³-hybridized carbons (Fsp3) is 0.364. The van der Waals surface area contributed by atoms with E-state index in [-0.39, 0.29) is 0 Å². The summed E-state index contributed by atoms with van der Waals surface area (Å²) in [7, 11) is 0. The van der Waals surface area contributed by atoms with E-state index < -0.39 is 0 Å². The van der Waals surface area contributed by atoms with Gasteiger partial charge < -0.3 is 0 Å². The largest absolute Gasteiger partial charge is 0.293 e. The summed E-state index contributed by atoms with van der Waals surface area (Å²) in [4.78, 5) is 1.41. The number of fused-ring (bicyclic) bond motifs is 1. The maximum Gasteiger partial charge on any atom is 0.0939 e. The Morgan fingerprint density at radius 3 is 3.14 bits per heavy atom. The van der Waals surface area contributed by atoms with Crippen LogP contribution in [0, 0.1) is 5.41 Å². The molecule has 0 atom stereocenters. The molecule has 0 fully saturated rings. The minimum atomic E-state index is 0.670. The molecule has 0 radical (unpaired) electrons. The third kappa shape index (κ3) is 1.98. The average Bonchev–Trinajstić information content (AvgIpc) is 2.27. The Morgan fingerprint density at radius 2 is 2.36 bits per heavy atom. The Morgan fingerprint density at radius 1 is 1.50 bits per heavy atom. The molecule has 0 aromatic heterocycles. The molecule has 1 aliphatic heterocycles. The van der Waals surface area contributed by atoms with Crippen LogP contribution >= 0.6 is 23.5 Å². The average molecular weight is 223 g/mol. The summed E-state index contributed by atoms with van der Waals surface area (Å²) in [5.41, 5.74) is 2.50. The first-order valence-corrected chi connectivity index (χ1v) is 6.91. The highest BCUT2D eigenvalue weighted by molar-refractivity contribution is 8.13. The van der Waals surface area contributed by atoms with Gasteiger partial charge in [-0.1, -0.05) is 6.07 Å². The smallest absolute Gasteiger partial charge is 0.0939 e. The summed E-state index contributed by atoms with van der Waals surface area (Å²) in [6.07, 6.45) is 4.40. The zero-order chi connectivity index (χ0) is 9.97. The second-order valence-electron chi connectivity index (χ2n) is 3.31. The van der Waals surface area contributed by atoms with Crippen LogP contribution in [-0.4, -0.2) is 17.1 Å². The molecule has 0 bridgehead atoms. The van der Waals surface area contributed by atoms with Crippen LogP contribution in [0.25, 0.3) is 0 Å². The van der Waals surface area contributed by atoms with Gasteiger partial charge >= 0.3 is 0 Å². The first kappa shape index (κ1) is 10.1. The first-order valence-electron chi connectivity index (χ1n) is 4.70.